The number of halogens is 1. The predicted molar refractivity (Wildman–Crippen MR) is 81.1 cm³/mol. The molecule has 4 nitrogen and oxygen atoms in total. The van der Waals surface area contributed by atoms with E-state index in [0.717, 1.165) is 5.39 Å². The Morgan fingerprint density at radius 1 is 1.40 bits per heavy atom. The van der Waals surface area contributed by atoms with Gasteiger partial charge >= 0.3 is 0 Å². The number of benzene rings is 1. The van der Waals surface area contributed by atoms with Gasteiger partial charge in [0.1, 0.15) is 6.61 Å². The lowest BCUT2D eigenvalue weighted by atomic mass is 10.2. The van der Waals surface area contributed by atoms with Gasteiger partial charge in [-0.25, -0.2) is 0 Å². The summed E-state index contributed by atoms with van der Waals surface area (Å²) in [5.74, 6) is -0.228. The van der Waals surface area contributed by atoms with Crippen molar-refractivity contribution >= 4 is 34.1 Å². The average Bonchev–Trinajstić information content (AvgIpc) is 2.35. The van der Waals surface area contributed by atoms with E-state index in [4.69, 9.17) is 16.3 Å². The van der Waals surface area contributed by atoms with Crippen molar-refractivity contribution in [1.82, 2.24) is 4.98 Å². The quantitative estimate of drug-likeness (QED) is 0.939. The zero-order chi connectivity index (χ0) is 14.8. The van der Waals surface area contributed by atoms with Crippen LogP contribution in [0.1, 0.15) is 20.8 Å². The van der Waals surface area contributed by atoms with Crippen molar-refractivity contribution in [2.75, 3.05) is 11.9 Å². The molecule has 5 heteroatoms. The molecule has 0 aliphatic carbocycles. The first-order chi connectivity index (χ1) is 9.35. The minimum absolute atomic E-state index is 0.00958. The third kappa shape index (κ3) is 3.92. The summed E-state index contributed by atoms with van der Waals surface area (Å²) in [5, 5.41) is 4.22. The van der Waals surface area contributed by atoms with E-state index in [1.165, 1.54) is 0 Å². The maximum atomic E-state index is 11.9. The lowest BCUT2D eigenvalue weighted by Crippen LogP contribution is -2.27. The van der Waals surface area contributed by atoms with Gasteiger partial charge < -0.3 is 10.1 Å². The summed E-state index contributed by atoms with van der Waals surface area (Å²) < 4.78 is 5.44. The number of hydrogen-bond donors (Lipinski definition) is 1. The highest BCUT2D eigenvalue weighted by Crippen LogP contribution is 2.26. The SMILES string of the molecule is CC(C)(C)OCC(=O)Nc1cc(Cl)cc2cccnc12. The molecule has 20 heavy (non-hydrogen) atoms. The molecule has 0 spiro atoms. The predicted octanol–water partition coefficient (Wildman–Crippen LogP) is 3.64. The molecule has 2 aromatic rings. The second kappa shape index (κ2) is 5.77. The highest BCUT2D eigenvalue weighted by molar-refractivity contribution is 6.32. The first kappa shape index (κ1) is 14.8. The first-order valence-electron chi connectivity index (χ1n) is 6.33. The van der Waals surface area contributed by atoms with Gasteiger partial charge in [0.15, 0.2) is 0 Å². The fraction of sp³-hybridized carbons (Fsp3) is 0.333. The molecule has 0 saturated heterocycles. The minimum Gasteiger partial charge on any atom is -0.366 e. The number of rotatable bonds is 3. The van der Waals surface area contributed by atoms with Gasteiger partial charge in [0.25, 0.3) is 0 Å². The van der Waals surface area contributed by atoms with Crippen molar-refractivity contribution in [3.8, 4) is 0 Å². The number of hydrogen-bond acceptors (Lipinski definition) is 3. The van der Waals surface area contributed by atoms with Crippen molar-refractivity contribution in [2.45, 2.75) is 26.4 Å². The summed E-state index contributed by atoms with van der Waals surface area (Å²) >= 11 is 6.05. The van der Waals surface area contributed by atoms with Gasteiger partial charge in [0.05, 0.1) is 16.8 Å². The molecule has 1 aromatic carbocycles. The molecule has 2 rings (SSSR count). The highest BCUT2D eigenvalue weighted by atomic mass is 35.5. The van der Waals surface area contributed by atoms with Crippen LogP contribution in [-0.2, 0) is 9.53 Å². The molecular weight excluding hydrogens is 276 g/mol. The van der Waals surface area contributed by atoms with E-state index in [9.17, 15) is 4.79 Å². The van der Waals surface area contributed by atoms with E-state index < -0.39 is 0 Å². The topological polar surface area (TPSA) is 51.2 Å². The molecular formula is C15H17ClN2O2. The first-order valence-corrected chi connectivity index (χ1v) is 6.71. The van der Waals surface area contributed by atoms with E-state index in [1.54, 1.807) is 12.3 Å². The summed E-state index contributed by atoms with van der Waals surface area (Å²) in [5.41, 5.74) is 0.947. The molecule has 0 radical (unpaired) electrons. The Kier molecular flexibility index (Phi) is 4.26. The van der Waals surface area contributed by atoms with Gasteiger partial charge in [-0.3, -0.25) is 9.78 Å². The van der Waals surface area contributed by atoms with Crippen LogP contribution in [0, 0.1) is 0 Å². The van der Waals surface area contributed by atoms with Crippen LogP contribution < -0.4 is 5.32 Å². The standard InChI is InChI=1S/C15H17ClN2O2/c1-15(2,3)20-9-13(19)18-12-8-11(16)7-10-5-4-6-17-14(10)12/h4-8H,9H2,1-3H3,(H,18,19). The number of carbonyl (C=O) groups is 1. The number of nitrogens with one attached hydrogen (secondary N) is 1. The zero-order valence-corrected chi connectivity index (χ0v) is 12.5. The smallest absolute Gasteiger partial charge is 0.250 e. The van der Waals surface area contributed by atoms with E-state index in [-0.39, 0.29) is 18.1 Å². The third-order valence-electron chi connectivity index (χ3n) is 2.58. The Hall–Kier alpha value is -1.65. The molecule has 1 amide bonds. The van der Waals surface area contributed by atoms with Crippen LogP contribution in [0.3, 0.4) is 0 Å². The van der Waals surface area contributed by atoms with E-state index in [0.29, 0.717) is 16.2 Å². The normalized spacial score (nSPS) is 11.6. The second-order valence-electron chi connectivity index (χ2n) is 5.48. The fourth-order valence-corrected chi connectivity index (χ4v) is 1.95. The summed E-state index contributed by atoms with van der Waals surface area (Å²) in [6, 6.07) is 7.22. The van der Waals surface area contributed by atoms with E-state index in [1.807, 2.05) is 39.0 Å². The molecule has 0 bridgehead atoms. The van der Waals surface area contributed by atoms with Crippen molar-refractivity contribution in [2.24, 2.45) is 0 Å². The number of anilines is 1. The molecule has 0 atom stereocenters. The van der Waals surface area contributed by atoms with Crippen molar-refractivity contribution in [3.63, 3.8) is 0 Å². The average molecular weight is 293 g/mol. The molecule has 0 aliphatic rings. The van der Waals surface area contributed by atoms with Gasteiger partial charge in [-0.05, 0) is 39.0 Å². The Morgan fingerprint density at radius 3 is 2.85 bits per heavy atom. The Labute approximate surface area is 123 Å². The van der Waals surface area contributed by atoms with Crippen LogP contribution in [0.2, 0.25) is 5.02 Å². The van der Waals surface area contributed by atoms with Crippen molar-refractivity contribution < 1.29 is 9.53 Å². The zero-order valence-electron chi connectivity index (χ0n) is 11.7. The van der Waals surface area contributed by atoms with Crippen molar-refractivity contribution in [3.05, 3.63) is 35.5 Å². The number of nitrogens with zero attached hydrogens (tertiary/aromatic N) is 1. The molecule has 0 fully saturated rings. The maximum absolute atomic E-state index is 11.9. The van der Waals surface area contributed by atoms with Gasteiger partial charge in [-0.2, -0.15) is 0 Å². The molecule has 1 aromatic heterocycles. The monoisotopic (exact) mass is 292 g/mol. The Balaban J connectivity index is 2.19. The lowest BCUT2D eigenvalue weighted by molar-refractivity contribution is -0.125. The number of pyridine rings is 1. The van der Waals surface area contributed by atoms with Gasteiger partial charge in [-0.1, -0.05) is 17.7 Å². The largest absolute Gasteiger partial charge is 0.366 e. The summed E-state index contributed by atoms with van der Waals surface area (Å²) in [6.07, 6.45) is 1.68. The fourth-order valence-electron chi connectivity index (χ4n) is 1.72. The van der Waals surface area contributed by atoms with Crippen LogP contribution in [0.5, 0.6) is 0 Å². The number of fused-ring (bicyclic) bond motifs is 1. The van der Waals surface area contributed by atoms with Crippen LogP contribution >= 0.6 is 11.6 Å². The molecule has 0 aliphatic heterocycles. The molecule has 0 saturated carbocycles. The van der Waals surface area contributed by atoms with Gasteiger partial charge in [-0.15, -0.1) is 0 Å². The van der Waals surface area contributed by atoms with Gasteiger partial charge in [0, 0.05) is 16.6 Å². The Morgan fingerprint density at radius 2 is 2.15 bits per heavy atom. The minimum atomic E-state index is -0.355. The second-order valence-corrected chi connectivity index (χ2v) is 5.91. The van der Waals surface area contributed by atoms with Crippen LogP contribution in [0.15, 0.2) is 30.5 Å². The van der Waals surface area contributed by atoms with Crippen LogP contribution in [0.4, 0.5) is 5.69 Å². The van der Waals surface area contributed by atoms with Crippen molar-refractivity contribution in [1.29, 1.82) is 0 Å². The molecule has 1 heterocycles. The third-order valence-corrected chi connectivity index (χ3v) is 2.80. The Bertz CT molecular complexity index is 635. The molecule has 106 valence electrons. The number of carbonyl (C=O) groups excluding carboxylic acids is 1. The van der Waals surface area contributed by atoms with E-state index >= 15 is 0 Å². The number of aromatic nitrogens is 1. The van der Waals surface area contributed by atoms with Crippen LogP contribution in [-0.4, -0.2) is 23.1 Å². The molecule has 1 N–H and O–H groups in total. The lowest BCUT2D eigenvalue weighted by Gasteiger charge is -2.19. The van der Waals surface area contributed by atoms with E-state index in [2.05, 4.69) is 10.3 Å². The molecule has 0 unspecified atom stereocenters. The number of ether oxygens (including phenoxy) is 1. The summed E-state index contributed by atoms with van der Waals surface area (Å²) in [6.45, 7) is 5.69. The summed E-state index contributed by atoms with van der Waals surface area (Å²) in [4.78, 5) is 16.2. The maximum Gasteiger partial charge on any atom is 0.250 e. The highest BCUT2D eigenvalue weighted by Gasteiger charge is 2.14. The van der Waals surface area contributed by atoms with Gasteiger partial charge in [0.2, 0.25) is 5.91 Å². The number of amides is 1. The summed E-state index contributed by atoms with van der Waals surface area (Å²) in [7, 11) is 0. The van der Waals surface area contributed by atoms with Crippen LogP contribution in [0.25, 0.3) is 10.9 Å².